The van der Waals surface area contributed by atoms with Crippen LogP contribution in [0.5, 0.6) is 0 Å². The number of nitrogens with zero attached hydrogens (tertiary/aromatic N) is 1. The fourth-order valence-electron chi connectivity index (χ4n) is 2.55. The number of ketones is 1. The van der Waals surface area contributed by atoms with Crippen LogP contribution in [0, 0.1) is 0 Å². The van der Waals surface area contributed by atoms with Gasteiger partial charge in [-0.05, 0) is 50.6 Å². The van der Waals surface area contributed by atoms with Crippen LogP contribution in [-0.2, 0) is 0 Å². The van der Waals surface area contributed by atoms with Crippen molar-refractivity contribution in [1.29, 1.82) is 0 Å². The summed E-state index contributed by atoms with van der Waals surface area (Å²) in [6.45, 7) is 4.27. The topological polar surface area (TPSA) is 46.3 Å². The van der Waals surface area contributed by atoms with E-state index in [0.717, 1.165) is 18.7 Å². The molecular weight excluding hydrogens is 224 g/mol. The number of carbonyl (C=O) groups is 1. The van der Waals surface area contributed by atoms with Crippen molar-refractivity contribution in [2.45, 2.75) is 38.6 Å². The second kappa shape index (κ2) is 6.01. The first-order valence-corrected chi connectivity index (χ1v) is 6.79. The van der Waals surface area contributed by atoms with Crippen molar-refractivity contribution in [1.82, 2.24) is 4.90 Å². The Morgan fingerprint density at radius 1 is 1.33 bits per heavy atom. The first-order chi connectivity index (χ1) is 8.66. The Kier molecular flexibility index (Phi) is 4.37. The fourth-order valence-corrected chi connectivity index (χ4v) is 2.55. The molecule has 98 valence electrons. The highest BCUT2D eigenvalue weighted by molar-refractivity contribution is 5.96. The summed E-state index contributed by atoms with van der Waals surface area (Å²) in [5.74, 6) is 0.216. The average Bonchev–Trinajstić information content (AvgIpc) is 2.38. The average molecular weight is 246 g/mol. The van der Waals surface area contributed by atoms with Crippen LogP contribution < -0.4 is 5.73 Å². The molecule has 0 bridgehead atoms. The van der Waals surface area contributed by atoms with Crippen molar-refractivity contribution in [3.63, 3.8) is 0 Å². The molecule has 1 aliphatic heterocycles. The van der Waals surface area contributed by atoms with Crippen LogP contribution in [0.15, 0.2) is 24.3 Å². The molecule has 1 fully saturated rings. The molecule has 0 amide bonds. The molecule has 3 heteroatoms. The highest BCUT2D eigenvalue weighted by atomic mass is 16.1. The maximum atomic E-state index is 12.0. The van der Waals surface area contributed by atoms with Gasteiger partial charge in [0, 0.05) is 30.3 Å². The quantitative estimate of drug-likeness (QED) is 0.656. The zero-order chi connectivity index (χ0) is 13.0. The Balaban J connectivity index is 1.86. The monoisotopic (exact) mass is 246 g/mol. The minimum atomic E-state index is 0.216. The van der Waals surface area contributed by atoms with Gasteiger partial charge in [0.05, 0.1) is 0 Å². The lowest BCUT2D eigenvalue weighted by molar-refractivity contribution is 0.0935. The van der Waals surface area contributed by atoms with Gasteiger partial charge in [0.15, 0.2) is 5.78 Å². The normalized spacial score (nSPS) is 20.8. The molecule has 0 aromatic heterocycles. The molecule has 0 aliphatic carbocycles. The number of hydrogen-bond donors (Lipinski definition) is 1. The second-order valence-corrected chi connectivity index (χ2v) is 5.18. The van der Waals surface area contributed by atoms with Crippen LogP contribution >= 0.6 is 0 Å². The van der Waals surface area contributed by atoms with Crippen molar-refractivity contribution in [2.24, 2.45) is 0 Å². The zero-order valence-electron chi connectivity index (χ0n) is 11.1. The molecule has 2 rings (SSSR count). The van der Waals surface area contributed by atoms with Gasteiger partial charge in [-0.1, -0.05) is 6.42 Å². The van der Waals surface area contributed by atoms with Gasteiger partial charge in [-0.15, -0.1) is 0 Å². The zero-order valence-corrected chi connectivity index (χ0v) is 11.1. The van der Waals surface area contributed by atoms with Crippen molar-refractivity contribution < 1.29 is 4.79 Å². The van der Waals surface area contributed by atoms with Gasteiger partial charge in [0.2, 0.25) is 0 Å². The summed E-state index contributed by atoms with van der Waals surface area (Å²) in [4.78, 5) is 14.5. The standard InChI is InChI=1S/C15H22N2O/c1-12-4-2-3-10-17(12)11-9-15(18)13-5-7-14(16)8-6-13/h5-8,12H,2-4,9-11,16H2,1H3. The largest absolute Gasteiger partial charge is 0.399 e. The van der Waals surface area contributed by atoms with Gasteiger partial charge < -0.3 is 10.6 Å². The van der Waals surface area contributed by atoms with Crippen LogP contribution in [-0.4, -0.2) is 29.8 Å². The van der Waals surface area contributed by atoms with Gasteiger partial charge in [-0.3, -0.25) is 4.79 Å². The van der Waals surface area contributed by atoms with Gasteiger partial charge in [-0.25, -0.2) is 0 Å². The Labute approximate surface area is 109 Å². The van der Waals surface area contributed by atoms with Gasteiger partial charge >= 0.3 is 0 Å². The molecule has 3 nitrogen and oxygen atoms in total. The molecule has 0 spiro atoms. The van der Waals surface area contributed by atoms with E-state index in [1.54, 1.807) is 12.1 Å². The number of benzene rings is 1. The molecule has 1 aromatic carbocycles. The van der Waals surface area contributed by atoms with E-state index in [4.69, 9.17) is 5.73 Å². The van der Waals surface area contributed by atoms with E-state index in [9.17, 15) is 4.79 Å². The number of hydrogen-bond acceptors (Lipinski definition) is 3. The van der Waals surface area contributed by atoms with E-state index in [1.165, 1.54) is 19.3 Å². The molecule has 2 N–H and O–H groups in total. The number of likely N-dealkylation sites (tertiary alicyclic amines) is 1. The molecule has 18 heavy (non-hydrogen) atoms. The maximum absolute atomic E-state index is 12.0. The van der Waals surface area contributed by atoms with E-state index < -0.39 is 0 Å². The summed E-state index contributed by atoms with van der Waals surface area (Å²) in [6.07, 6.45) is 4.45. The summed E-state index contributed by atoms with van der Waals surface area (Å²) in [5, 5.41) is 0. The minimum Gasteiger partial charge on any atom is -0.399 e. The maximum Gasteiger partial charge on any atom is 0.164 e. The SMILES string of the molecule is CC1CCCCN1CCC(=O)c1ccc(N)cc1. The first kappa shape index (κ1) is 13.1. The molecule has 1 saturated heterocycles. The molecule has 1 aromatic rings. The third-order valence-corrected chi connectivity index (χ3v) is 3.80. The molecule has 0 radical (unpaired) electrons. The Bertz CT molecular complexity index is 399. The Morgan fingerprint density at radius 3 is 2.72 bits per heavy atom. The highest BCUT2D eigenvalue weighted by Crippen LogP contribution is 2.17. The summed E-state index contributed by atoms with van der Waals surface area (Å²) < 4.78 is 0. The number of anilines is 1. The summed E-state index contributed by atoms with van der Waals surface area (Å²) in [5.41, 5.74) is 7.09. The lowest BCUT2D eigenvalue weighted by atomic mass is 10.0. The highest BCUT2D eigenvalue weighted by Gasteiger charge is 2.18. The van der Waals surface area contributed by atoms with Gasteiger partial charge in [0.25, 0.3) is 0 Å². The van der Waals surface area contributed by atoms with Crippen molar-refractivity contribution in [3.8, 4) is 0 Å². The number of carbonyl (C=O) groups excluding carboxylic acids is 1. The number of rotatable bonds is 4. The second-order valence-electron chi connectivity index (χ2n) is 5.18. The summed E-state index contributed by atoms with van der Waals surface area (Å²) in [7, 11) is 0. The molecule has 1 unspecified atom stereocenters. The van der Waals surface area contributed by atoms with Crippen LogP contribution in [0.2, 0.25) is 0 Å². The van der Waals surface area contributed by atoms with Gasteiger partial charge in [-0.2, -0.15) is 0 Å². The number of nitrogens with two attached hydrogens (primary N) is 1. The third kappa shape index (κ3) is 3.33. The molecule has 1 aliphatic rings. The van der Waals surface area contributed by atoms with E-state index >= 15 is 0 Å². The fraction of sp³-hybridized carbons (Fsp3) is 0.533. The van der Waals surface area contributed by atoms with E-state index in [0.29, 0.717) is 18.2 Å². The molecular formula is C15H22N2O. The van der Waals surface area contributed by atoms with E-state index in [1.807, 2.05) is 12.1 Å². The van der Waals surface area contributed by atoms with Crippen LogP contribution in [0.3, 0.4) is 0 Å². The molecule has 0 saturated carbocycles. The number of Topliss-reactive ketones (excluding diaryl/α,β-unsaturated/α-hetero) is 1. The number of nitrogen functional groups attached to an aromatic ring is 1. The lowest BCUT2D eigenvalue weighted by Crippen LogP contribution is -2.38. The van der Waals surface area contributed by atoms with Crippen LogP contribution in [0.1, 0.15) is 43.0 Å². The predicted octanol–water partition coefficient (Wildman–Crippen LogP) is 2.72. The van der Waals surface area contributed by atoms with Gasteiger partial charge in [0.1, 0.15) is 0 Å². The Morgan fingerprint density at radius 2 is 2.06 bits per heavy atom. The summed E-state index contributed by atoms with van der Waals surface area (Å²) >= 11 is 0. The van der Waals surface area contributed by atoms with Crippen LogP contribution in [0.25, 0.3) is 0 Å². The van der Waals surface area contributed by atoms with Crippen LogP contribution in [0.4, 0.5) is 5.69 Å². The Hall–Kier alpha value is -1.35. The minimum absolute atomic E-state index is 0.216. The van der Waals surface area contributed by atoms with Crippen molar-refractivity contribution >= 4 is 11.5 Å². The van der Waals surface area contributed by atoms with Crippen molar-refractivity contribution in [3.05, 3.63) is 29.8 Å². The number of piperidine rings is 1. The van der Waals surface area contributed by atoms with E-state index in [2.05, 4.69) is 11.8 Å². The molecule has 1 atom stereocenters. The van der Waals surface area contributed by atoms with E-state index in [-0.39, 0.29) is 5.78 Å². The summed E-state index contributed by atoms with van der Waals surface area (Å²) in [6, 6.07) is 7.83. The smallest absolute Gasteiger partial charge is 0.164 e. The van der Waals surface area contributed by atoms with Crippen molar-refractivity contribution in [2.75, 3.05) is 18.8 Å². The first-order valence-electron chi connectivity index (χ1n) is 6.79. The predicted molar refractivity (Wildman–Crippen MR) is 74.7 cm³/mol. The molecule has 1 heterocycles. The third-order valence-electron chi connectivity index (χ3n) is 3.80. The lowest BCUT2D eigenvalue weighted by Gasteiger charge is -2.33.